The summed E-state index contributed by atoms with van der Waals surface area (Å²) in [6.07, 6.45) is 7.46. The van der Waals surface area contributed by atoms with Gasteiger partial charge >= 0.3 is 6.09 Å². The van der Waals surface area contributed by atoms with Crippen LogP contribution in [0.4, 0.5) is 10.6 Å². The third-order valence-electron chi connectivity index (χ3n) is 5.56. The number of ether oxygens (including phenoxy) is 1. The zero-order valence-electron chi connectivity index (χ0n) is 20.5. The molecule has 1 saturated heterocycles. The predicted molar refractivity (Wildman–Crippen MR) is 140 cm³/mol. The van der Waals surface area contributed by atoms with Crippen molar-refractivity contribution in [2.24, 2.45) is 7.05 Å². The lowest BCUT2D eigenvalue weighted by atomic mass is 10.2. The Morgan fingerprint density at radius 1 is 1.29 bits per heavy atom. The number of aromatic nitrogens is 5. The number of hydrogen-bond donors (Lipinski definition) is 2. The van der Waals surface area contributed by atoms with E-state index in [1.165, 1.54) is 0 Å². The standard InChI is InChI=1S/C23H30N8O2S2/c1-14-8-20(35-28-14)27-19-9-17(18-13-30(6-7-34-18)22(32)33-23(2,3)4)26-21-16(11-25-31(19)21)15-10-24-29(5)12-15/h8-12,14,18,27-28H,6-7,13H2,1-5H3. The number of amides is 1. The Hall–Kier alpha value is -2.70. The van der Waals surface area contributed by atoms with Crippen LogP contribution in [0.3, 0.4) is 0 Å². The molecule has 5 heterocycles. The molecule has 0 bridgehead atoms. The Balaban J connectivity index is 1.51. The quantitative estimate of drug-likeness (QED) is 0.499. The van der Waals surface area contributed by atoms with Gasteiger partial charge in [0.1, 0.15) is 11.4 Å². The fourth-order valence-electron chi connectivity index (χ4n) is 3.97. The molecule has 2 N–H and O–H groups in total. The molecule has 35 heavy (non-hydrogen) atoms. The van der Waals surface area contributed by atoms with Crippen molar-refractivity contribution in [1.82, 2.24) is 34.0 Å². The Labute approximate surface area is 213 Å². The van der Waals surface area contributed by atoms with E-state index >= 15 is 0 Å². The third-order valence-corrected chi connectivity index (χ3v) is 7.72. The van der Waals surface area contributed by atoms with Crippen LogP contribution in [-0.4, -0.2) is 65.9 Å². The van der Waals surface area contributed by atoms with Gasteiger partial charge in [0.25, 0.3) is 0 Å². The summed E-state index contributed by atoms with van der Waals surface area (Å²) in [4.78, 5) is 19.6. The zero-order valence-corrected chi connectivity index (χ0v) is 22.1. The number of rotatable bonds is 4. The number of carbonyl (C=O) groups excluding carboxylic acids is 1. The summed E-state index contributed by atoms with van der Waals surface area (Å²) >= 11 is 3.37. The molecule has 12 heteroatoms. The minimum Gasteiger partial charge on any atom is -0.444 e. The summed E-state index contributed by atoms with van der Waals surface area (Å²) in [6.45, 7) is 8.96. The molecule has 2 atom stereocenters. The first-order chi connectivity index (χ1) is 16.7. The van der Waals surface area contributed by atoms with Crippen molar-refractivity contribution in [1.29, 1.82) is 0 Å². The number of fused-ring (bicyclic) bond motifs is 1. The van der Waals surface area contributed by atoms with Crippen LogP contribution in [-0.2, 0) is 11.8 Å². The van der Waals surface area contributed by atoms with Gasteiger partial charge in [0.15, 0.2) is 5.65 Å². The molecule has 0 spiro atoms. The fraction of sp³-hybridized carbons (Fsp3) is 0.478. The fourth-order valence-corrected chi connectivity index (χ4v) is 5.96. The van der Waals surface area contributed by atoms with Gasteiger partial charge in [0.2, 0.25) is 0 Å². The molecule has 0 saturated carbocycles. The van der Waals surface area contributed by atoms with E-state index in [-0.39, 0.29) is 17.4 Å². The number of nitrogens with zero attached hydrogens (tertiary/aromatic N) is 6. The number of carbonyl (C=O) groups is 1. The minimum absolute atomic E-state index is 0.0146. The van der Waals surface area contributed by atoms with E-state index < -0.39 is 5.60 Å². The third kappa shape index (κ3) is 5.29. The van der Waals surface area contributed by atoms with Gasteiger partial charge in [-0.1, -0.05) is 0 Å². The molecular formula is C23H30N8O2S2. The first kappa shape index (κ1) is 24.0. The second-order valence-corrected chi connectivity index (χ2v) is 11.9. The molecule has 186 valence electrons. The number of aryl methyl sites for hydroxylation is 1. The summed E-state index contributed by atoms with van der Waals surface area (Å²) in [5.74, 6) is 1.64. The second-order valence-electron chi connectivity index (χ2n) is 9.71. The van der Waals surface area contributed by atoms with E-state index in [1.807, 2.05) is 57.0 Å². The van der Waals surface area contributed by atoms with Crippen molar-refractivity contribution in [3.8, 4) is 11.1 Å². The van der Waals surface area contributed by atoms with Gasteiger partial charge in [0, 0.05) is 55.3 Å². The molecule has 3 aromatic heterocycles. The van der Waals surface area contributed by atoms with Crippen LogP contribution in [0.5, 0.6) is 0 Å². The van der Waals surface area contributed by atoms with Crippen molar-refractivity contribution >= 4 is 41.3 Å². The van der Waals surface area contributed by atoms with E-state index in [9.17, 15) is 4.79 Å². The van der Waals surface area contributed by atoms with Gasteiger partial charge in [0.05, 0.1) is 28.4 Å². The van der Waals surface area contributed by atoms with Gasteiger partial charge in [-0.25, -0.2) is 9.78 Å². The molecule has 2 unspecified atom stereocenters. The normalized spacial score (nSPS) is 20.8. The topological polar surface area (TPSA) is 102 Å². The summed E-state index contributed by atoms with van der Waals surface area (Å²) in [5, 5.41) is 13.5. The lowest BCUT2D eigenvalue weighted by Crippen LogP contribution is -2.42. The molecule has 0 radical (unpaired) electrons. The average Bonchev–Trinajstić information content (AvgIpc) is 3.52. The lowest BCUT2D eigenvalue weighted by Gasteiger charge is -2.33. The largest absolute Gasteiger partial charge is 0.444 e. The molecule has 2 aliphatic heterocycles. The van der Waals surface area contributed by atoms with Crippen LogP contribution < -0.4 is 10.0 Å². The molecule has 2 aliphatic rings. The van der Waals surface area contributed by atoms with E-state index in [4.69, 9.17) is 9.72 Å². The molecule has 1 amide bonds. The highest BCUT2D eigenvalue weighted by Gasteiger charge is 2.30. The molecule has 3 aromatic rings. The van der Waals surface area contributed by atoms with Crippen molar-refractivity contribution in [2.75, 3.05) is 24.2 Å². The van der Waals surface area contributed by atoms with Crippen molar-refractivity contribution in [3.05, 3.63) is 41.5 Å². The van der Waals surface area contributed by atoms with Gasteiger partial charge < -0.3 is 15.0 Å². The minimum atomic E-state index is -0.528. The molecule has 0 aliphatic carbocycles. The Morgan fingerprint density at radius 2 is 2.11 bits per heavy atom. The second kappa shape index (κ2) is 9.40. The van der Waals surface area contributed by atoms with Gasteiger partial charge in [-0.05, 0) is 45.7 Å². The Bertz CT molecular complexity index is 1280. The smallest absolute Gasteiger partial charge is 0.410 e. The molecular weight excluding hydrogens is 484 g/mol. The first-order valence-electron chi connectivity index (χ1n) is 11.5. The van der Waals surface area contributed by atoms with Crippen LogP contribution in [0, 0.1) is 0 Å². The molecule has 0 aromatic carbocycles. The van der Waals surface area contributed by atoms with E-state index in [0.29, 0.717) is 13.1 Å². The molecule has 10 nitrogen and oxygen atoms in total. The van der Waals surface area contributed by atoms with Crippen LogP contribution in [0.15, 0.2) is 35.8 Å². The van der Waals surface area contributed by atoms with Crippen LogP contribution >= 0.6 is 23.7 Å². The van der Waals surface area contributed by atoms with Crippen LogP contribution in [0.2, 0.25) is 0 Å². The summed E-state index contributed by atoms with van der Waals surface area (Å²) < 4.78 is 12.6. The maximum Gasteiger partial charge on any atom is 0.410 e. The number of thioether (sulfide) groups is 1. The van der Waals surface area contributed by atoms with Crippen molar-refractivity contribution in [3.63, 3.8) is 0 Å². The van der Waals surface area contributed by atoms with E-state index in [0.717, 1.165) is 39.1 Å². The SMILES string of the molecule is CC1C=C(Nc2cc(C3CN(C(=O)OC(C)(C)C)CCS3)nc3c(-c4cnn(C)c4)cnn23)SN1. The van der Waals surface area contributed by atoms with Gasteiger partial charge in [-0.2, -0.15) is 14.7 Å². The monoisotopic (exact) mass is 514 g/mol. The first-order valence-corrected chi connectivity index (χ1v) is 13.4. The average molecular weight is 515 g/mol. The van der Waals surface area contributed by atoms with E-state index in [2.05, 4.69) is 33.2 Å². The lowest BCUT2D eigenvalue weighted by molar-refractivity contribution is 0.0256. The zero-order chi connectivity index (χ0) is 24.7. The summed E-state index contributed by atoms with van der Waals surface area (Å²) in [6, 6.07) is 2.31. The number of nitrogens with one attached hydrogen (secondary N) is 2. The number of hydrogen-bond acceptors (Lipinski definition) is 9. The van der Waals surface area contributed by atoms with Crippen molar-refractivity contribution < 1.29 is 9.53 Å². The maximum atomic E-state index is 12.8. The Kier molecular flexibility index (Phi) is 6.45. The predicted octanol–water partition coefficient (Wildman–Crippen LogP) is 4.05. The van der Waals surface area contributed by atoms with Gasteiger partial charge in [-0.3, -0.25) is 9.40 Å². The van der Waals surface area contributed by atoms with E-state index in [1.54, 1.807) is 33.3 Å². The Morgan fingerprint density at radius 3 is 2.80 bits per heavy atom. The van der Waals surface area contributed by atoms with Crippen LogP contribution in [0.1, 0.15) is 38.6 Å². The van der Waals surface area contributed by atoms with Gasteiger partial charge in [-0.15, -0.1) is 11.8 Å². The number of anilines is 1. The molecule has 5 rings (SSSR count). The molecule has 1 fully saturated rings. The highest BCUT2D eigenvalue weighted by Crippen LogP contribution is 2.36. The summed E-state index contributed by atoms with van der Waals surface area (Å²) in [5.41, 5.74) is 2.98. The maximum absolute atomic E-state index is 12.8. The highest BCUT2D eigenvalue weighted by molar-refractivity contribution is 8.01. The summed E-state index contributed by atoms with van der Waals surface area (Å²) in [7, 11) is 1.89. The van der Waals surface area contributed by atoms with Crippen LogP contribution in [0.25, 0.3) is 16.8 Å². The highest BCUT2D eigenvalue weighted by atomic mass is 32.2. The van der Waals surface area contributed by atoms with Crippen molar-refractivity contribution in [2.45, 2.75) is 44.6 Å².